The minimum Gasteiger partial charge on any atom is -0.395 e. The third-order valence-corrected chi connectivity index (χ3v) is 4.07. The van der Waals surface area contributed by atoms with E-state index in [1.165, 1.54) is 12.8 Å². The lowest BCUT2D eigenvalue weighted by Gasteiger charge is -2.45. The lowest BCUT2D eigenvalue weighted by molar-refractivity contribution is -0.162. The SMILES string of the molecule is CC1C2CCC(CC2)C1C(=O)OC=O. The van der Waals surface area contributed by atoms with Crippen LogP contribution in [0.2, 0.25) is 0 Å². The predicted octanol–water partition coefficient (Wildman–Crippen LogP) is 1.76. The second-order valence-corrected chi connectivity index (χ2v) is 4.59. The number of ether oxygens (including phenoxy) is 1. The van der Waals surface area contributed by atoms with Crippen LogP contribution in [0.15, 0.2) is 0 Å². The molecule has 2 bridgehead atoms. The van der Waals surface area contributed by atoms with E-state index in [9.17, 15) is 9.59 Å². The lowest BCUT2D eigenvalue weighted by Crippen LogP contribution is -2.43. The average molecular weight is 196 g/mol. The van der Waals surface area contributed by atoms with Gasteiger partial charge in [-0.3, -0.25) is 9.59 Å². The number of carbonyl (C=O) groups excluding carboxylic acids is 2. The Balaban J connectivity index is 2.10. The summed E-state index contributed by atoms with van der Waals surface area (Å²) in [4.78, 5) is 21.7. The van der Waals surface area contributed by atoms with Crippen molar-refractivity contribution in [2.45, 2.75) is 32.6 Å². The van der Waals surface area contributed by atoms with Crippen molar-refractivity contribution in [3.05, 3.63) is 0 Å². The van der Waals surface area contributed by atoms with E-state index in [2.05, 4.69) is 11.7 Å². The Morgan fingerprint density at radius 3 is 2.29 bits per heavy atom. The maximum Gasteiger partial charge on any atom is 0.316 e. The van der Waals surface area contributed by atoms with E-state index in [4.69, 9.17) is 0 Å². The Hall–Kier alpha value is -0.860. The van der Waals surface area contributed by atoms with Crippen LogP contribution in [0.4, 0.5) is 0 Å². The summed E-state index contributed by atoms with van der Waals surface area (Å²) < 4.78 is 4.48. The fourth-order valence-electron chi connectivity index (χ4n) is 3.29. The van der Waals surface area contributed by atoms with Crippen molar-refractivity contribution in [1.29, 1.82) is 0 Å². The molecule has 0 N–H and O–H groups in total. The van der Waals surface area contributed by atoms with Crippen LogP contribution in [0.25, 0.3) is 0 Å². The van der Waals surface area contributed by atoms with Gasteiger partial charge in [-0.25, -0.2) is 0 Å². The Kier molecular flexibility index (Phi) is 2.57. The fraction of sp³-hybridized carbons (Fsp3) is 0.818. The molecule has 2 atom stereocenters. The van der Waals surface area contributed by atoms with Gasteiger partial charge in [0.1, 0.15) is 0 Å². The summed E-state index contributed by atoms with van der Waals surface area (Å²) in [5.74, 6) is 1.20. The second kappa shape index (κ2) is 3.71. The summed E-state index contributed by atoms with van der Waals surface area (Å²) in [5.41, 5.74) is 0. The Labute approximate surface area is 83.8 Å². The summed E-state index contributed by atoms with van der Waals surface area (Å²) in [6, 6.07) is 0. The van der Waals surface area contributed by atoms with Gasteiger partial charge in [0.05, 0.1) is 5.92 Å². The number of esters is 1. The van der Waals surface area contributed by atoms with E-state index in [1.807, 2.05) is 0 Å². The van der Waals surface area contributed by atoms with Crippen LogP contribution >= 0.6 is 0 Å². The Morgan fingerprint density at radius 2 is 1.79 bits per heavy atom. The van der Waals surface area contributed by atoms with Crippen LogP contribution < -0.4 is 0 Å². The van der Waals surface area contributed by atoms with Crippen molar-refractivity contribution in [1.82, 2.24) is 0 Å². The van der Waals surface area contributed by atoms with Gasteiger partial charge < -0.3 is 4.74 Å². The summed E-state index contributed by atoms with van der Waals surface area (Å²) in [7, 11) is 0. The molecule has 0 aliphatic heterocycles. The molecule has 3 rings (SSSR count). The van der Waals surface area contributed by atoms with Gasteiger partial charge in [0.15, 0.2) is 0 Å². The van der Waals surface area contributed by atoms with Gasteiger partial charge in [-0.2, -0.15) is 0 Å². The molecule has 0 heterocycles. The molecule has 0 radical (unpaired) electrons. The molecule has 3 fully saturated rings. The third kappa shape index (κ3) is 1.45. The molecule has 3 heteroatoms. The molecular formula is C11H16O3. The van der Waals surface area contributed by atoms with Gasteiger partial charge in [0, 0.05) is 0 Å². The number of carbonyl (C=O) groups is 2. The minimum atomic E-state index is -0.304. The zero-order valence-electron chi connectivity index (χ0n) is 8.44. The summed E-state index contributed by atoms with van der Waals surface area (Å²) in [6.45, 7) is 2.38. The molecule has 0 spiro atoms. The molecule has 0 aromatic rings. The van der Waals surface area contributed by atoms with Crippen molar-refractivity contribution in [3.63, 3.8) is 0 Å². The second-order valence-electron chi connectivity index (χ2n) is 4.59. The van der Waals surface area contributed by atoms with Crippen molar-refractivity contribution in [3.8, 4) is 0 Å². The predicted molar refractivity (Wildman–Crippen MR) is 50.3 cm³/mol. The number of hydrogen-bond acceptors (Lipinski definition) is 3. The summed E-state index contributed by atoms with van der Waals surface area (Å²) >= 11 is 0. The zero-order chi connectivity index (χ0) is 10.1. The first-order valence-corrected chi connectivity index (χ1v) is 5.38. The van der Waals surface area contributed by atoms with Crippen LogP contribution in [0.5, 0.6) is 0 Å². The van der Waals surface area contributed by atoms with E-state index in [0.717, 1.165) is 12.8 Å². The number of fused-ring (bicyclic) bond motifs is 3. The van der Waals surface area contributed by atoms with Gasteiger partial charge in [0.25, 0.3) is 0 Å². The first-order chi connectivity index (χ1) is 6.74. The summed E-state index contributed by atoms with van der Waals surface area (Å²) in [5, 5.41) is 0. The topological polar surface area (TPSA) is 43.4 Å². The molecule has 78 valence electrons. The van der Waals surface area contributed by atoms with E-state index in [1.54, 1.807) is 0 Å². The standard InChI is InChI=1S/C11H16O3/c1-7-8-2-4-9(5-3-8)10(7)11(13)14-6-12/h6-10H,2-5H2,1H3. The first-order valence-electron chi connectivity index (χ1n) is 5.38. The minimum absolute atomic E-state index is 0.0206. The smallest absolute Gasteiger partial charge is 0.316 e. The largest absolute Gasteiger partial charge is 0.395 e. The number of rotatable bonds is 2. The molecule has 0 amide bonds. The average Bonchev–Trinajstić information content (AvgIpc) is 2.19. The van der Waals surface area contributed by atoms with Crippen LogP contribution in [0.1, 0.15) is 32.6 Å². The van der Waals surface area contributed by atoms with Crippen LogP contribution in [-0.2, 0) is 14.3 Å². The van der Waals surface area contributed by atoms with E-state index in [0.29, 0.717) is 17.8 Å². The molecule has 3 aliphatic rings. The monoisotopic (exact) mass is 196 g/mol. The van der Waals surface area contributed by atoms with Gasteiger partial charge in [0.2, 0.25) is 0 Å². The molecule has 3 saturated carbocycles. The number of hydrogen-bond donors (Lipinski definition) is 0. The van der Waals surface area contributed by atoms with Crippen LogP contribution in [0.3, 0.4) is 0 Å². The lowest BCUT2D eigenvalue weighted by atomic mass is 9.59. The summed E-state index contributed by atoms with van der Waals surface area (Å²) in [6.07, 6.45) is 4.76. The van der Waals surface area contributed by atoms with E-state index in [-0.39, 0.29) is 18.4 Å². The Bertz CT molecular complexity index is 239. The quantitative estimate of drug-likeness (QED) is 0.384. The fourth-order valence-corrected chi connectivity index (χ4v) is 3.29. The molecule has 0 saturated heterocycles. The van der Waals surface area contributed by atoms with Crippen molar-refractivity contribution < 1.29 is 14.3 Å². The third-order valence-electron chi connectivity index (χ3n) is 4.07. The van der Waals surface area contributed by atoms with Crippen LogP contribution in [-0.4, -0.2) is 12.4 Å². The maximum absolute atomic E-state index is 11.5. The van der Waals surface area contributed by atoms with Crippen molar-refractivity contribution in [2.24, 2.45) is 23.7 Å². The maximum atomic E-state index is 11.5. The molecule has 14 heavy (non-hydrogen) atoms. The van der Waals surface area contributed by atoms with Gasteiger partial charge in [-0.05, 0) is 43.4 Å². The first kappa shape index (κ1) is 9.69. The van der Waals surface area contributed by atoms with Gasteiger partial charge in [-0.15, -0.1) is 0 Å². The molecule has 0 aromatic carbocycles. The van der Waals surface area contributed by atoms with E-state index >= 15 is 0 Å². The van der Waals surface area contributed by atoms with Crippen molar-refractivity contribution >= 4 is 12.4 Å². The highest BCUT2D eigenvalue weighted by Crippen LogP contribution is 2.48. The molecular weight excluding hydrogens is 180 g/mol. The van der Waals surface area contributed by atoms with Crippen molar-refractivity contribution in [2.75, 3.05) is 0 Å². The van der Waals surface area contributed by atoms with Gasteiger partial charge in [-0.1, -0.05) is 6.92 Å². The molecule has 2 unspecified atom stereocenters. The highest BCUT2D eigenvalue weighted by molar-refractivity contribution is 5.79. The van der Waals surface area contributed by atoms with Gasteiger partial charge >= 0.3 is 12.4 Å². The molecule has 0 aromatic heterocycles. The highest BCUT2D eigenvalue weighted by Gasteiger charge is 2.45. The normalized spacial score (nSPS) is 40.6. The Morgan fingerprint density at radius 1 is 1.21 bits per heavy atom. The molecule has 3 aliphatic carbocycles. The van der Waals surface area contributed by atoms with E-state index < -0.39 is 0 Å². The van der Waals surface area contributed by atoms with Crippen LogP contribution in [0, 0.1) is 23.7 Å². The highest BCUT2D eigenvalue weighted by atomic mass is 16.6. The zero-order valence-corrected chi connectivity index (χ0v) is 8.44. The molecule has 3 nitrogen and oxygen atoms in total.